The van der Waals surface area contributed by atoms with Crippen molar-refractivity contribution in [1.29, 1.82) is 0 Å². The molecule has 0 aromatic carbocycles. The van der Waals surface area contributed by atoms with Crippen molar-refractivity contribution in [2.75, 3.05) is 10.7 Å². The Morgan fingerprint density at radius 3 is 2.12 bits per heavy atom. The van der Waals surface area contributed by atoms with E-state index in [-0.39, 0.29) is 11.7 Å². The maximum Gasteiger partial charge on any atom is 0.345 e. The third kappa shape index (κ3) is 4.65. The van der Waals surface area contributed by atoms with E-state index in [1.807, 2.05) is 6.92 Å². The molecule has 0 aliphatic carbocycles. The zero-order chi connectivity index (χ0) is 12.7. The lowest BCUT2D eigenvalue weighted by Gasteiger charge is -2.12. The number of rotatable bonds is 6. The SMILES string of the molecule is CCC(C)OC(=O)C(C(=O)O)=C(CBr)CBr. The normalized spacial score (nSPS) is 11.8. The molecule has 1 N–H and O–H groups in total. The first-order valence-electron chi connectivity index (χ1n) is 4.76. The molecular weight excluding hydrogens is 344 g/mol. The quantitative estimate of drug-likeness (QED) is 0.261. The van der Waals surface area contributed by atoms with Crippen molar-refractivity contribution in [3.8, 4) is 0 Å². The number of esters is 1. The minimum absolute atomic E-state index is 0.284. The highest BCUT2D eigenvalue weighted by molar-refractivity contribution is 9.10. The van der Waals surface area contributed by atoms with Gasteiger partial charge in [0.05, 0.1) is 6.10 Å². The third-order valence-electron chi connectivity index (χ3n) is 1.98. The van der Waals surface area contributed by atoms with Crippen LogP contribution in [-0.2, 0) is 14.3 Å². The van der Waals surface area contributed by atoms with Gasteiger partial charge in [-0.05, 0) is 18.9 Å². The zero-order valence-corrected chi connectivity index (χ0v) is 12.3. The number of carboxylic acid groups (broad SMARTS) is 1. The van der Waals surface area contributed by atoms with Crippen LogP contribution in [0.4, 0.5) is 0 Å². The molecule has 0 bridgehead atoms. The van der Waals surface area contributed by atoms with E-state index >= 15 is 0 Å². The Hall–Kier alpha value is -0.360. The van der Waals surface area contributed by atoms with Gasteiger partial charge in [-0.25, -0.2) is 9.59 Å². The fourth-order valence-corrected chi connectivity index (χ4v) is 2.37. The van der Waals surface area contributed by atoms with Gasteiger partial charge in [-0.15, -0.1) is 0 Å². The number of alkyl halides is 2. The summed E-state index contributed by atoms with van der Waals surface area (Å²) in [4.78, 5) is 22.6. The third-order valence-corrected chi connectivity index (χ3v) is 3.33. The number of aliphatic carboxylic acids is 1. The van der Waals surface area contributed by atoms with E-state index < -0.39 is 11.9 Å². The van der Waals surface area contributed by atoms with Gasteiger partial charge in [0.1, 0.15) is 5.57 Å². The number of halogens is 2. The number of hydrogen-bond donors (Lipinski definition) is 1. The molecule has 0 radical (unpaired) electrons. The molecule has 1 unspecified atom stereocenters. The van der Waals surface area contributed by atoms with Crippen LogP contribution < -0.4 is 0 Å². The van der Waals surface area contributed by atoms with Gasteiger partial charge in [0, 0.05) is 10.7 Å². The number of carboxylic acids is 1. The maximum atomic E-state index is 11.6. The Morgan fingerprint density at radius 1 is 1.31 bits per heavy atom. The van der Waals surface area contributed by atoms with E-state index in [0.717, 1.165) is 0 Å². The first-order valence-corrected chi connectivity index (χ1v) is 7.00. The Balaban J connectivity index is 5.00. The van der Waals surface area contributed by atoms with Crippen LogP contribution in [0.1, 0.15) is 20.3 Å². The minimum Gasteiger partial charge on any atom is -0.477 e. The van der Waals surface area contributed by atoms with Gasteiger partial charge >= 0.3 is 11.9 Å². The lowest BCUT2D eigenvalue weighted by molar-refractivity contribution is -0.147. The van der Waals surface area contributed by atoms with E-state index in [4.69, 9.17) is 9.84 Å². The summed E-state index contributed by atoms with van der Waals surface area (Å²) in [5.74, 6) is -2.04. The standard InChI is InChI=1S/C10H14Br2O4/c1-3-6(2)16-10(15)8(9(13)14)7(4-11)5-12/h6H,3-5H2,1-2H3,(H,13,14). The predicted octanol–water partition coefficient (Wildman–Crippen LogP) is 2.50. The topological polar surface area (TPSA) is 63.6 Å². The van der Waals surface area contributed by atoms with Gasteiger partial charge in [0.2, 0.25) is 0 Å². The summed E-state index contributed by atoms with van der Waals surface area (Å²) in [5.41, 5.74) is 0.162. The van der Waals surface area contributed by atoms with Crippen LogP contribution in [0.25, 0.3) is 0 Å². The van der Waals surface area contributed by atoms with E-state index in [2.05, 4.69) is 31.9 Å². The molecular formula is C10H14Br2O4. The fraction of sp³-hybridized carbons (Fsp3) is 0.600. The molecule has 4 nitrogen and oxygen atoms in total. The molecule has 0 fully saturated rings. The second kappa shape index (κ2) is 7.84. The Kier molecular flexibility index (Phi) is 7.66. The van der Waals surface area contributed by atoms with Crippen LogP contribution in [0.5, 0.6) is 0 Å². The summed E-state index contributed by atoms with van der Waals surface area (Å²) in [6.07, 6.45) is 0.366. The van der Waals surface area contributed by atoms with Gasteiger partial charge in [-0.1, -0.05) is 38.8 Å². The van der Waals surface area contributed by atoms with Crippen molar-refractivity contribution in [3.63, 3.8) is 0 Å². The molecule has 16 heavy (non-hydrogen) atoms. The van der Waals surface area contributed by atoms with Crippen molar-refractivity contribution in [2.45, 2.75) is 26.4 Å². The molecule has 0 aromatic heterocycles. The lowest BCUT2D eigenvalue weighted by atomic mass is 10.1. The number of carbonyl (C=O) groups excluding carboxylic acids is 1. The molecule has 0 heterocycles. The zero-order valence-electron chi connectivity index (χ0n) is 9.13. The van der Waals surface area contributed by atoms with E-state index in [1.165, 1.54) is 0 Å². The lowest BCUT2D eigenvalue weighted by Crippen LogP contribution is -2.22. The van der Waals surface area contributed by atoms with Gasteiger partial charge in [0.15, 0.2) is 0 Å². The summed E-state index contributed by atoms with van der Waals surface area (Å²) >= 11 is 6.28. The average molecular weight is 358 g/mol. The Morgan fingerprint density at radius 2 is 1.81 bits per heavy atom. The van der Waals surface area contributed by atoms with E-state index in [9.17, 15) is 9.59 Å². The number of allylic oxidation sites excluding steroid dienone is 1. The van der Waals surface area contributed by atoms with Gasteiger partial charge < -0.3 is 9.84 Å². The smallest absolute Gasteiger partial charge is 0.345 e. The molecule has 0 aromatic rings. The van der Waals surface area contributed by atoms with Crippen molar-refractivity contribution >= 4 is 43.8 Å². The predicted molar refractivity (Wildman–Crippen MR) is 68.1 cm³/mol. The average Bonchev–Trinajstić information content (AvgIpc) is 2.24. The molecule has 0 saturated carbocycles. The van der Waals surface area contributed by atoms with Gasteiger partial charge in [0.25, 0.3) is 0 Å². The summed E-state index contributed by atoms with van der Waals surface area (Å²) < 4.78 is 4.99. The van der Waals surface area contributed by atoms with Crippen LogP contribution in [0.3, 0.4) is 0 Å². The molecule has 0 aliphatic heterocycles. The Bertz CT molecular complexity index is 293. The van der Waals surface area contributed by atoms with Crippen LogP contribution in [0.15, 0.2) is 11.1 Å². The monoisotopic (exact) mass is 356 g/mol. The number of ether oxygens (including phenoxy) is 1. The first-order chi connectivity index (χ1) is 7.47. The number of hydrogen-bond acceptors (Lipinski definition) is 3. The summed E-state index contributed by atoms with van der Waals surface area (Å²) in [7, 11) is 0. The molecule has 0 amide bonds. The molecule has 0 spiro atoms. The number of carbonyl (C=O) groups is 2. The highest BCUT2D eigenvalue weighted by Gasteiger charge is 2.24. The fourth-order valence-electron chi connectivity index (χ4n) is 0.877. The van der Waals surface area contributed by atoms with Crippen LogP contribution in [0, 0.1) is 0 Å². The largest absolute Gasteiger partial charge is 0.477 e. The summed E-state index contributed by atoms with van der Waals surface area (Å²) in [6.45, 7) is 3.58. The Labute approximate surface area is 111 Å². The van der Waals surface area contributed by atoms with E-state index in [1.54, 1.807) is 6.92 Å². The molecule has 0 saturated heterocycles. The molecule has 1 atom stereocenters. The highest BCUT2D eigenvalue weighted by Crippen LogP contribution is 2.14. The maximum absolute atomic E-state index is 11.6. The van der Waals surface area contributed by atoms with Crippen LogP contribution in [0.2, 0.25) is 0 Å². The van der Waals surface area contributed by atoms with Crippen molar-refractivity contribution in [3.05, 3.63) is 11.1 Å². The van der Waals surface area contributed by atoms with Crippen molar-refractivity contribution in [2.24, 2.45) is 0 Å². The molecule has 0 aliphatic rings. The molecule has 92 valence electrons. The van der Waals surface area contributed by atoms with Gasteiger partial charge in [-0.3, -0.25) is 0 Å². The van der Waals surface area contributed by atoms with E-state index in [0.29, 0.717) is 22.7 Å². The van der Waals surface area contributed by atoms with Crippen LogP contribution >= 0.6 is 31.9 Å². The second-order valence-corrected chi connectivity index (χ2v) is 4.30. The first kappa shape index (κ1) is 15.6. The minimum atomic E-state index is -1.26. The van der Waals surface area contributed by atoms with Crippen molar-refractivity contribution in [1.82, 2.24) is 0 Å². The van der Waals surface area contributed by atoms with Crippen molar-refractivity contribution < 1.29 is 19.4 Å². The summed E-state index contributed by atoms with van der Waals surface area (Å²) in [6, 6.07) is 0. The van der Waals surface area contributed by atoms with Gasteiger partial charge in [-0.2, -0.15) is 0 Å². The second-order valence-electron chi connectivity index (χ2n) is 3.18. The molecule has 6 heteroatoms. The summed E-state index contributed by atoms with van der Waals surface area (Å²) in [5, 5.41) is 9.59. The van der Waals surface area contributed by atoms with Crippen LogP contribution in [-0.4, -0.2) is 33.8 Å². The molecule has 0 rings (SSSR count). The highest BCUT2D eigenvalue weighted by atomic mass is 79.9.